The highest BCUT2D eigenvalue weighted by atomic mass is 16.1. The number of aromatic nitrogens is 2. The Labute approximate surface area is 197 Å². The number of fused-ring (bicyclic) bond motifs is 3. The lowest BCUT2D eigenvalue weighted by atomic mass is 9.84. The molecule has 4 heteroatoms. The molecule has 1 heterocycles. The molecule has 0 atom stereocenters. The summed E-state index contributed by atoms with van der Waals surface area (Å²) < 4.78 is 2.13. The zero-order valence-electron chi connectivity index (χ0n) is 20.8. The van der Waals surface area contributed by atoms with E-state index < -0.39 is 0 Å². The van der Waals surface area contributed by atoms with E-state index in [4.69, 9.17) is 4.98 Å². The first kappa shape index (κ1) is 23.2. The average molecular weight is 442 g/mol. The molecule has 0 spiro atoms. The van der Waals surface area contributed by atoms with Crippen molar-refractivity contribution in [3.63, 3.8) is 0 Å². The molecule has 0 bridgehead atoms. The predicted octanol–water partition coefficient (Wildman–Crippen LogP) is 6.04. The first-order valence-electron chi connectivity index (χ1n) is 12.0. The van der Waals surface area contributed by atoms with Crippen LogP contribution in [0.4, 0.5) is 0 Å². The van der Waals surface area contributed by atoms with Gasteiger partial charge in [0.2, 0.25) is 0 Å². The molecule has 172 valence electrons. The van der Waals surface area contributed by atoms with Crippen LogP contribution in [-0.2, 0) is 13.5 Å². The van der Waals surface area contributed by atoms with E-state index in [0.717, 1.165) is 59.6 Å². The molecule has 1 aliphatic rings. The fourth-order valence-electron chi connectivity index (χ4n) is 4.97. The number of benzene rings is 2. The molecule has 0 fully saturated rings. The first-order chi connectivity index (χ1) is 15.8. The summed E-state index contributed by atoms with van der Waals surface area (Å²) in [5.74, 6) is 1.18. The Hall–Kier alpha value is -2.98. The van der Waals surface area contributed by atoms with Crippen LogP contribution in [0.2, 0.25) is 0 Å². The molecule has 0 radical (unpaired) electrons. The first-order valence-corrected chi connectivity index (χ1v) is 12.0. The van der Waals surface area contributed by atoms with Crippen LogP contribution in [0.25, 0.3) is 16.6 Å². The van der Waals surface area contributed by atoms with Crippen molar-refractivity contribution >= 4 is 22.4 Å². The maximum Gasteiger partial charge on any atom is 0.170 e. The van der Waals surface area contributed by atoms with E-state index in [2.05, 4.69) is 86.6 Å². The Bertz CT molecular complexity index is 1250. The minimum absolute atomic E-state index is 0.185. The molecule has 0 saturated heterocycles. The molecule has 0 aliphatic heterocycles. The van der Waals surface area contributed by atoms with Gasteiger partial charge in [-0.25, -0.2) is 4.98 Å². The lowest BCUT2D eigenvalue weighted by Gasteiger charge is -2.20. The van der Waals surface area contributed by atoms with E-state index in [-0.39, 0.29) is 5.78 Å². The van der Waals surface area contributed by atoms with Crippen LogP contribution < -0.4 is 0 Å². The van der Waals surface area contributed by atoms with E-state index in [1.54, 1.807) is 0 Å². The normalized spacial score (nSPS) is 14.2. The van der Waals surface area contributed by atoms with Gasteiger partial charge in [0.1, 0.15) is 5.82 Å². The molecule has 0 unspecified atom stereocenters. The number of hydrogen-bond donors (Lipinski definition) is 0. The lowest BCUT2D eigenvalue weighted by molar-refractivity contribution is 0.0993. The van der Waals surface area contributed by atoms with Gasteiger partial charge in [0.15, 0.2) is 5.78 Å². The number of allylic oxidation sites excluding steroid dienone is 3. The molecule has 1 aliphatic carbocycles. The molecule has 0 amide bonds. The zero-order chi connectivity index (χ0) is 23.7. The minimum atomic E-state index is 0.185. The third kappa shape index (κ3) is 4.32. The second-order valence-corrected chi connectivity index (χ2v) is 9.13. The summed E-state index contributed by atoms with van der Waals surface area (Å²) in [6, 6.07) is 10.6. The van der Waals surface area contributed by atoms with Crippen molar-refractivity contribution in [2.75, 3.05) is 19.6 Å². The summed E-state index contributed by atoms with van der Waals surface area (Å²) in [5.41, 5.74) is 9.92. The number of likely N-dealkylation sites (N-methyl/N-ethyl adjacent to an activating group) is 1. The number of rotatable bonds is 7. The monoisotopic (exact) mass is 441 g/mol. The van der Waals surface area contributed by atoms with E-state index in [1.165, 1.54) is 22.3 Å². The molecule has 1 aromatic heterocycles. The maximum absolute atomic E-state index is 13.4. The molecule has 0 saturated carbocycles. The Balaban J connectivity index is 1.74. The van der Waals surface area contributed by atoms with Crippen molar-refractivity contribution in [1.82, 2.24) is 14.5 Å². The Morgan fingerprint density at radius 3 is 2.42 bits per heavy atom. The molecule has 4 nitrogen and oxygen atoms in total. The van der Waals surface area contributed by atoms with Crippen molar-refractivity contribution in [3.8, 4) is 0 Å². The van der Waals surface area contributed by atoms with Crippen molar-refractivity contribution in [2.45, 2.75) is 47.5 Å². The van der Waals surface area contributed by atoms with Crippen molar-refractivity contribution in [2.24, 2.45) is 7.05 Å². The number of Topliss-reactive ketones (excluding diaryl/α,β-unsaturated/α-hetero) is 1. The average Bonchev–Trinajstić information content (AvgIpc) is 3.12. The number of aryl methyl sites for hydroxylation is 3. The largest absolute Gasteiger partial charge is 0.330 e. The van der Waals surface area contributed by atoms with Gasteiger partial charge in [-0.15, -0.1) is 0 Å². The fourth-order valence-corrected chi connectivity index (χ4v) is 4.97. The zero-order valence-corrected chi connectivity index (χ0v) is 20.8. The van der Waals surface area contributed by atoms with Gasteiger partial charge in [0.05, 0.1) is 16.6 Å². The maximum atomic E-state index is 13.4. The van der Waals surface area contributed by atoms with E-state index >= 15 is 0 Å². The summed E-state index contributed by atoms with van der Waals surface area (Å²) >= 11 is 0. The van der Waals surface area contributed by atoms with Crippen LogP contribution in [0.3, 0.4) is 0 Å². The number of hydrogen-bond acceptors (Lipinski definition) is 3. The Kier molecular flexibility index (Phi) is 6.66. The highest BCUT2D eigenvalue weighted by Crippen LogP contribution is 2.36. The van der Waals surface area contributed by atoms with Gasteiger partial charge in [0.25, 0.3) is 0 Å². The smallest absolute Gasteiger partial charge is 0.170 e. The number of ketones is 1. The van der Waals surface area contributed by atoms with Crippen LogP contribution in [0.1, 0.15) is 65.6 Å². The minimum Gasteiger partial charge on any atom is -0.330 e. The van der Waals surface area contributed by atoms with Gasteiger partial charge in [-0.05, 0) is 73.3 Å². The topological polar surface area (TPSA) is 38.1 Å². The van der Waals surface area contributed by atoms with Crippen LogP contribution in [0.15, 0.2) is 48.1 Å². The van der Waals surface area contributed by atoms with Crippen LogP contribution in [-0.4, -0.2) is 39.9 Å². The van der Waals surface area contributed by atoms with E-state index in [9.17, 15) is 4.79 Å². The number of carbonyl (C=O) groups is 1. The summed E-state index contributed by atoms with van der Waals surface area (Å²) in [5, 5.41) is 0. The summed E-state index contributed by atoms with van der Waals surface area (Å²) in [4.78, 5) is 20.7. The second-order valence-electron chi connectivity index (χ2n) is 9.13. The third-order valence-corrected chi connectivity index (χ3v) is 7.20. The molecule has 2 aromatic carbocycles. The fraction of sp³-hybridized carbons (Fsp3) is 0.379. The highest BCUT2D eigenvalue weighted by Gasteiger charge is 2.26. The molecule has 4 rings (SSSR count). The molecule has 3 aromatic rings. The summed E-state index contributed by atoms with van der Waals surface area (Å²) in [6.07, 6.45) is 5.55. The molecular formula is C29H35N3O. The van der Waals surface area contributed by atoms with Gasteiger partial charge in [0, 0.05) is 26.4 Å². The standard InChI is InChI=1S/C29H35N3O/c1-7-32(8-2)16-10-13-22-17-26(33)28-23(21(22)5)14-15-25-29(28)31(6)27(30-25)18-24-19(3)11-9-12-20(24)4/h9-15H,7-8,16-18H2,1-6H3/b13-10+. The van der Waals surface area contributed by atoms with Gasteiger partial charge in [-0.1, -0.05) is 50.3 Å². The Morgan fingerprint density at radius 1 is 1.06 bits per heavy atom. The highest BCUT2D eigenvalue weighted by molar-refractivity contribution is 6.14. The van der Waals surface area contributed by atoms with E-state index in [1.807, 2.05) is 7.05 Å². The molecule has 33 heavy (non-hydrogen) atoms. The summed E-state index contributed by atoms with van der Waals surface area (Å²) in [6.45, 7) is 13.8. The lowest BCUT2D eigenvalue weighted by Crippen LogP contribution is -2.22. The number of carbonyl (C=O) groups excluding carboxylic acids is 1. The van der Waals surface area contributed by atoms with Crippen molar-refractivity contribution in [3.05, 3.63) is 81.7 Å². The second kappa shape index (κ2) is 9.48. The SMILES string of the molecule is CCN(CC)C/C=C/C1=C(C)c2ccc3nc(Cc4c(C)cccc4C)n(C)c3c2C(=O)C1. The number of nitrogens with zero attached hydrogens (tertiary/aromatic N) is 3. The quantitative estimate of drug-likeness (QED) is 0.449. The van der Waals surface area contributed by atoms with Crippen LogP contribution in [0.5, 0.6) is 0 Å². The van der Waals surface area contributed by atoms with Crippen LogP contribution in [0, 0.1) is 13.8 Å². The number of imidazole rings is 1. The van der Waals surface area contributed by atoms with Crippen molar-refractivity contribution < 1.29 is 4.79 Å². The Morgan fingerprint density at radius 2 is 1.76 bits per heavy atom. The predicted molar refractivity (Wildman–Crippen MR) is 138 cm³/mol. The van der Waals surface area contributed by atoms with Crippen molar-refractivity contribution in [1.29, 1.82) is 0 Å². The van der Waals surface area contributed by atoms with Gasteiger partial charge in [-0.2, -0.15) is 0 Å². The van der Waals surface area contributed by atoms with Gasteiger partial charge in [-0.3, -0.25) is 4.79 Å². The third-order valence-electron chi connectivity index (χ3n) is 7.20. The molecular weight excluding hydrogens is 406 g/mol. The van der Waals surface area contributed by atoms with Crippen LogP contribution >= 0.6 is 0 Å². The molecule has 0 N–H and O–H groups in total. The van der Waals surface area contributed by atoms with E-state index in [0.29, 0.717) is 6.42 Å². The summed E-state index contributed by atoms with van der Waals surface area (Å²) in [7, 11) is 2.05. The van der Waals surface area contributed by atoms with Gasteiger partial charge >= 0.3 is 0 Å². The van der Waals surface area contributed by atoms with Gasteiger partial charge < -0.3 is 9.47 Å².